The smallest absolute Gasteiger partial charge is 0.306 e. The summed E-state index contributed by atoms with van der Waals surface area (Å²) in [5.74, 6) is 0.761. The van der Waals surface area contributed by atoms with Crippen LogP contribution in [0.25, 0.3) is 10.9 Å². The van der Waals surface area contributed by atoms with Crippen molar-refractivity contribution in [1.29, 1.82) is 0 Å². The van der Waals surface area contributed by atoms with Crippen LogP contribution in [0.3, 0.4) is 0 Å². The number of hydrogen-bond acceptors (Lipinski definition) is 3. The number of aromatic amines is 1. The Morgan fingerprint density at radius 3 is 2.83 bits per heavy atom. The van der Waals surface area contributed by atoms with Gasteiger partial charge in [-0.1, -0.05) is 13.3 Å². The average molecular weight is 317 g/mol. The number of nitrogens with one attached hydrogen (secondary N) is 1. The Kier molecular flexibility index (Phi) is 6.51. The second-order valence-electron chi connectivity index (χ2n) is 6.12. The number of carbonyl (C=O) groups excluding carboxylic acids is 1. The van der Waals surface area contributed by atoms with Crippen LogP contribution in [0.2, 0.25) is 0 Å². The first kappa shape index (κ1) is 17.4. The van der Waals surface area contributed by atoms with Crippen LogP contribution in [0.15, 0.2) is 24.4 Å². The van der Waals surface area contributed by atoms with E-state index in [0.717, 1.165) is 36.9 Å². The summed E-state index contributed by atoms with van der Waals surface area (Å²) in [5.41, 5.74) is 2.49. The molecule has 0 fully saturated rings. The minimum atomic E-state index is -0.127. The van der Waals surface area contributed by atoms with Gasteiger partial charge in [0.15, 0.2) is 0 Å². The molecule has 0 aliphatic heterocycles. The lowest BCUT2D eigenvalue weighted by Crippen LogP contribution is -2.11. The van der Waals surface area contributed by atoms with Gasteiger partial charge < -0.3 is 14.5 Å². The maximum Gasteiger partial charge on any atom is 0.306 e. The van der Waals surface area contributed by atoms with Crippen LogP contribution >= 0.6 is 0 Å². The van der Waals surface area contributed by atoms with E-state index >= 15 is 0 Å². The minimum absolute atomic E-state index is 0.0378. The van der Waals surface area contributed by atoms with Crippen LogP contribution in [0.1, 0.15) is 52.0 Å². The van der Waals surface area contributed by atoms with Gasteiger partial charge >= 0.3 is 5.97 Å². The summed E-state index contributed by atoms with van der Waals surface area (Å²) in [6.45, 7) is 6.54. The second-order valence-corrected chi connectivity index (χ2v) is 6.12. The van der Waals surface area contributed by atoms with E-state index in [4.69, 9.17) is 9.47 Å². The van der Waals surface area contributed by atoms with Crippen LogP contribution in [-0.4, -0.2) is 23.7 Å². The highest BCUT2D eigenvalue weighted by atomic mass is 16.5. The summed E-state index contributed by atoms with van der Waals surface area (Å²) in [6, 6.07) is 6.15. The highest BCUT2D eigenvalue weighted by Gasteiger charge is 2.06. The van der Waals surface area contributed by atoms with Gasteiger partial charge in [0, 0.05) is 23.5 Å². The van der Waals surface area contributed by atoms with E-state index in [-0.39, 0.29) is 12.1 Å². The Morgan fingerprint density at radius 1 is 1.26 bits per heavy atom. The van der Waals surface area contributed by atoms with Crippen molar-refractivity contribution in [1.82, 2.24) is 4.98 Å². The minimum Gasteiger partial charge on any atom is -0.494 e. The van der Waals surface area contributed by atoms with Crippen molar-refractivity contribution >= 4 is 16.9 Å². The zero-order valence-corrected chi connectivity index (χ0v) is 14.4. The van der Waals surface area contributed by atoms with Gasteiger partial charge in [-0.25, -0.2) is 0 Å². The third kappa shape index (κ3) is 5.31. The molecule has 23 heavy (non-hydrogen) atoms. The standard InChI is InChI=1S/C19H27NO3/c1-4-7-15-13-20-18-10-9-16(12-17(15)18)22-11-6-5-8-19(21)23-14(2)3/h9-10,12-14,20H,4-8,11H2,1-3H3. The molecule has 1 N–H and O–H groups in total. The van der Waals surface area contributed by atoms with Crippen molar-refractivity contribution in [2.45, 2.75) is 59.0 Å². The van der Waals surface area contributed by atoms with Gasteiger partial charge in [0.1, 0.15) is 5.75 Å². The molecule has 0 aliphatic carbocycles. The number of ether oxygens (including phenoxy) is 2. The number of esters is 1. The molecule has 126 valence electrons. The quantitative estimate of drug-likeness (QED) is 0.542. The summed E-state index contributed by atoms with van der Waals surface area (Å²) in [4.78, 5) is 14.7. The molecule has 1 aromatic heterocycles. The molecule has 0 unspecified atom stereocenters. The number of H-pyrrole nitrogens is 1. The van der Waals surface area contributed by atoms with Gasteiger partial charge in [-0.15, -0.1) is 0 Å². The Balaban J connectivity index is 1.78. The highest BCUT2D eigenvalue weighted by Crippen LogP contribution is 2.24. The zero-order chi connectivity index (χ0) is 16.7. The van der Waals surface area contributed by atoms with Crippen molar-refractivity contribution in [2.75, 3.05) is 6.61 Å². The molecule has 2 aromatic rings. The van der Waals surface area contributed by atoms with E-state index in [1.165, 1.54) is 10.9 Å². The molecule has 0 saturated heterocycles. The first-order valence-corrected chi connectivity index (χ1v) is 8.52. The number of unbranched alkanes of at least 4 members (excludes halogenated alkanes) is 1. The number of carbonyl (C=O) groups is 1. The largest absolute Gasteiger partial charge is 0.494 e. The zero-order valence-electron chi connectivity index (χ0n) is 14.4. The lowest BCUT2D eigenvalue weighted by molar-refractivity contribution is -0.147. The van der Waals surface area contributed by atoms with E-state index < -0.39 is 0 Å². The fourth-order valence-corrected chi connectivity index (χ4v) is 2.61. The number of fused-ring (bicyclic) bond motifs is 1. The predicted octanol–water partition coefficient (Wildman–Crippen LogP) is 4.62. The summed E-state index contributed by atoms with van der Waals surface area (Å²) < 4.78 is 10.9. The molecular weight excluding hydrogens is 290 g/mol. The number of aryl methyl sites for hydroxylation is 1. The SMILES string of the molecule is CCCc1c[nH]c2ccc(OCCCCC(=O)OC(C)C)cc12. The Bertz CT molecular complexity index is 631. The topological polar surface area (TPSA) is 51.3 Å². The summed E-state index contributed by atoms with van der Waals surface area (Å²) in [7, 11) is 0. The molecule has 0 aliphatic rings. The van der Waals surface area contributed by atoms with Crippen LogP contribution in [0.5, 0.6) is 5.75 Å². The van der Waals surface area contributed by atoms with Gasteiger partial charge in [-0.2, -0.15) is 0 Å². The molecular formula is C19H27NO3. The van der Waals surface area contributed by atoms with Gasteiger partial charge in [-0.05, 0) is 56.9 Å². The van der Waals surface area contributed by atoms with Crippen molar-refractivity contribution in [3.05, 3.63) is 30.0 Å². The Hall–Kier alpha value is -1.97. The lowest BCUT2D eigenvalue weighted by Gasteiger charge is -2.08. The average Bonchev–Trinajstić information content (AvgIpc) is 2.89. The van der Waals surface area contributed by atoms with Gasteiger partial charge in [0.2, 0.25) is 0 Å². The molecule has 2 rings (SSSR count). The maximum atomic E-state index is 11.4. The van der Waals surface area contributed by atoms with Gasteiger partial charge in [-0.3, -0.25) is 4.79 Å². The molecule has 0 amide bonds. The van der Waals surface area contributed by atoms with Crippen LogP contribution in [-0.2, 0) is 16.0 Å². The van der Waals surface area contributed by atoms with E-state index in [0.29, 0.717) is 13.0 Å². The van der Waals surface area contributed by atoms with E-state index in [1.54, 1.807) is 0 Å². The first-order chi connectivity index (χ1) is 11.1. The van der Waals surface area contributed by atoms with Crippen LogP contribution < -0.4 is 4.74 Å². The number of aromatic nitrogens is 1. The fraction of sp³-hybridized carbons (Fsp3) is 0.526. The van der Waals surface area contributed by atoms with Gasteiger partial charge in [0.25, 0.3) is 0 Å². The second kappa shape index (κ2) is 8.61. The molecule has 0 radical (unpaired) electrons. The number of rotatable bonds is 9. The van der Waals surface area contributed by atoms with Crippen molar-refractivity contribution in [3.8, 4) is 5.75 Å². The molecule has 4 heteroatoms. The van der Waals surface area contributed by atoms with Crippen LogP contribution in [0, 0.1) is 0 Å². The summed E-state index contributed by atoms with van der Waals surface area (Å²) in [5, 5.41) is 1.24. The predicted molar refractivity (Wildman–Crippen MR) is 92.9 cm³/mol. The monoisotopic (exact) mass is 317 g/mol. The third-order valence-electron chi connectivity index (χ3n) is 3.67. The fourth-order valence-electron chi connectivity index (χ4n) is 2.61. The normalized spacial score (nSPS) is 11.1. The number of benzene rings is 1. The highest BCUT2D eigenvalue weighted by molar-refractivity contribution is 5.84. The molecule has 0 spiro atoms. The Morgan fingerprint density at radius 2 is 2.09 bits per heavy atom. The van der Waals surface area contributed by atoms with E-state index in [1.807, 2.05) is 19.9 Å². The first-order valence-electron chi connectivity index (χ1n) is 8.52. The Labute approximate surface area is 138 Å². The van der Waals surface area contributed by atoms with Gasteiger partial charge in [0.05, 0.1) is 12.7 Å². The molecule has 4 nitrogen and oxygen atoms in total. The molecule has 1 heterocycles. The van der Waals surface area contributed by atoms with E-state index in [2.05, 4.69) is 30.2 Å². The lowest BCUT2D eigenvalue weighted by atomic mass is 10.1. The van der Waals surface area contributed by atoms with E-state index in [9.17, 15) is 4.79 Å². The number of hydrogen-bond donors (Lipinski definition) is 1. The summed E-state index contributed by atoms with van der Waals surface area (Å²) >= 11 is 0. The van der Waals surface area contributed by atoms with Crippen LogP contribution in [0.4, 0.5) is 0 Å². The molecule has 1 aromatic carbocycles. The molecule has 0 bridgehead atoms. The van der Waals surface area contributed by atoms with Crippen molar-refractivity contribution in [3.63, 3.8) is 0 Å². The summed E-state index contributed by atoms with van der Waals surface area (Å²) in [6.07, 6.45) is 6.34. The van der Waals surface area contributed by atoms with Crippen molar-refractivity contribution in [2.24, 2.45) is 0 Å². The maximum absolute atomic E-state index is 11.4. The molecule has 0 atom stereocenters. The third-order valence-corrected chi connectivity index (χ3v) is 3.67. The molecule has 0 saturated carbocycles. The van der Waals surface area contributed by atoms with Crippen molar-refractivity contribution < 1.29 is 14.3 Å².